The van der Waals surface area contributed by atoms with Gasteiger partial charge in [0.05, 0.1) is 11.2 Å². The van der Waals surface area contributed by atoms with Crippen molar-refractivity contribution in [3.63, 3.8) is 0 Å². The molecule has 0 aliphatic heterocycles. The second kappa shape index (κ2) is 8.73. The molecule has 0 saturated carbocycles. The Balaban J connectivity index is 1.61. The van der Waals surface area contributed by atoms with Gasteiger partial charge in [-0.05, 0) is 91.7 Å². The highest BCUT2D eigenvalue weighted by molar-refractivity contribution is 7.79. The van der Waals surface area contributed by atoms with Gasteiger partial charge in [0.2, 0.25) is 0 Å². The van der Waals surface area contributed by atoms with Crippen LogP contribution in [0.1, 0.15) is 40.8 Å². The smallest absolute Gasteiger partial charge is 0.114 e. The van der Waals surface area contributed by atoms with Crippen LogP contribution in [0.2, 0.25) is 0 Å². The van der Waals surface area contributed by atoms with Gasteiger partial charge in [0.15, 0.2) is 0 Å². The molecule has 5 nitrogen and oxygen atoms in total. The third-order valence-electron chi connectivity index (χ3n) is 5.72. The molecule has 2 heterocycles. The first kappa shape index (κ1) is 21.4. The van der Waals surface area contributed by atoms with E-state index in [-0.39, 0.29) is 0 Å². The van der Waals surface area contributed by atoms with Crippen LogP contribution in [0.3, 0.4) is 0 Å². The van der Waals surface area contributed by atoms with Crippen LogP contribution in [-0.4, -0.2) is 23.3 Å². The monoisotopic (exact) mass is 432 g/mol. The highest BCUT2D eigenvalue weighted by atomic mass is 32.2. The van der Waals surface area contributed by atoms with Crippen LogP contribution in [0.15, 0.2) is 53.4 Å². The number of hydrogen-bond donors (Lipinski definition) is 0. The summed E-state index contributed by atoms with van der Waals surface area (Å²) in [6.07, 6.45) is 2.49. The van der Waals surface area contributed by atoms with Crippen molar-refractivity contribution in [2.75, 3.05) is 0 Å². The molecule has 1 atom stereocenters. The van der Waals surface area contributed by atoms with Crippen molar-refractivity contribution in [2.24, 2.45) is 0 Å². The summed E-state index contributed by atoms with van der Waals surface area (Å²) in [6, 6.07) is 16.0. The Morgan fingerprint density at radius 2 is 1.71 bits per heavy atom. The van der Waals surface area contributed by atoms with Crippen molar-refractivity contribution in [2.45, 2.75) is 51.9 Å². The van der Waals surface area contributed by atoms with Gasteiger partial charge in [0, 0.05) is 22.7 Å². The Morgan fingerprint density at radius 1 is 0.968 bits per heavy atom. The number of pyridine rings is 1. The van der Waals surface area contributed by atoms with E-state index in [2.05, 4.69) is 46.8 Å². The molecule has 0 aliphatic rings. The standard InChI is InChI=1S/C25H27N3O2S/c1-5-24-27-25-18(4)26-17(3)14-23(25)28(24)21-11-8-19(9-12-21)7-10-20-15-22(31(29)30)13-6-16(20)2/h6,8-9,11-15H,5,7,10H2,1-4H3,(H,29,30)/p-1. The van der Waals surface area contributed by atoms with Gasteiger partial charge in [-0.25, -0.2) is 4.98 Å². The van der Waals surface area contributed by atoms with Gasteiger partial charge in [0.1, 0.15) is 11.3 Å². The summed E-state index contributed by atoms with van der Waals surface area (Å²) >= 11 is -2.20. The van der Waals surface area contributed by atoms with Crippen LogP contribution in [0.25, 0.3) is 16.7 Å². The lowest BCUT2D eigenvalue weighted by molar-refractivity contribution is 0.537. The molecule has 4 rings (SSSR count). The number of aromatic nitrogens is 3. The predicted octanol–water partition coefficient (Wildman–Crippen LogP) is 4.93. The van der Waals surface area contributed by atoms with Crippen molar-refractivity contribution < 1.29 is 8.76 Å². The Morgan fingerprint density at radius 3 is 2.39 bits per heavy atom. The Bertz CT molecular complexity index is 1280. The number of aryl methyl sites for hydroxylation is 6. The van der Waals surface area contributed by atoms with Crippen LogP contribution in [-0.2, 0) is 30.3 Å². The Labute approximate surface area is 185 Å². The van der Waals surface area contributed by atoms with E-state index in [1.165, 1.54) is 5.56 Å². The van der Waals surface area contributed by atoms with Gasteiger partial charge in [0.25, 0.3) is 0 Å². The van der Waals surface area contributed by atoms with E-state index in [1.807, 2.05) is 26.8 Å². The topological polar surface area (TPSA) is 70.8 Å². The van der Waals surface area contributed by atoms with Crippen LogP contribution >= 0.6 is 0 Å². The highest BCUT2D eigenvalue weighted by Gasteiger charge is 2.14. The van der Waals surface area contributed by atoms with Gasteiger partial charge in [-0.3, -0.25) is 13.8 Å². The summed E-state index contributed by atoms with van der Waals surface area (Å²) in [6.45, 7) is 8.16. The van der Waals surface area contributed by atoms with Crippen molar-refractivity contribution in [3.05, 3.63) is 82.4 Å². The molecule has 0 N–H and O–H groups in total. The normalized spacial score (nSPS) is 12.4. The molecule has 0 radical (unpaired) electrons. The molecule has 6 heteroatoms. The molecule has 0 bridgehead atoms. The van der Waals surface area contributed by atoms with Gasteiger partial charge in [-0.1, -0.05) is 25.1 Å². The summed E-state index contributed by atoms with van der Waals surface area (Å²) in [4.78, 5) is 9.73. The summed E-state index contributed by atoms with van der Waals surface area (Å²) in [5.41, 5.74) is 8.48. The number of rotatable bonds is 6. The number of benzene rings is 2. The molecule has 2 aromatic carbocycles. The fourth-order valence-electron chi connectivity index (χ4n) is 4.06. The van der Waals surface area contributed by atoms with E-state index in [1.54, 1.807) is 12.1 Å². The second-order valence-corrected chi connectivity index (χ2v) is 8.86. The van der Waals surface area contributed by atoms with E-state index in [9.17, 15) is 8.76 Å². The van der Waals surface area contributed by atoms with Gasteiger partial charge in [-0.15, -0.1) is 0 Å². The summed E-state index contributed by atoms with van der Waals surface area (Å²) in [5.74, 6) is 1.02. The summed E-state index contributed by atoms with van der Waals surface area (Å²) in [5, 5.41) is 0. The maximum absolute atomic E-state index is 11.3. The first-order valence-corrected chi connectivity index (χ1v) is 11.6. The van der Waals surface area contributed by atoms with E-state index in [0.717, 1.165) is 64.3 Å². The minimum atomic E-state index is -2.20. The first-order chi connectivity index (χ1) is 14.9. The molecule has 1 unspecified atom stereocenters. The molecule has 0 spiro atoms. The zero-order chi connectivity index (χ0) is 22.1. The average molecular weight is 433 g/mol. The minimum Gasteiger partial charge on any atom is -0.768 e. The van der Waals surface area contributed by atoms with Gasteiger partial charge >= 0.3 is 0 Å². The number of nitrogens with zero attached hydrogens (tertiary/aromatic N) is 3. The van der Waals surface area contributed by atoms with Crippen LogP contribution in [0.4, 0.5) is 0 Å². The first-order valence-electron chi connectivity index (χ1n) is 10.5. The maximum Gasteiger partial charge on any atom is 0.114 e. The van der Waals surface area contributed by atoms with E-state index in [4.69, 9.17) is 4.98 Å². The van der Waals surface area contributed by atoms with Gasteiger partial charge < -0.3 is 4.55 Å². The predicted molar refractivity (Wildman–Crippen MR) is 123 cm³/mol. The van der Waals surface area contributed by atoms with Crippen LogP contribution < -0.4 is 0 Å². The molecule has 4 aromatic rings. The summed E-state index contributed by atoms with van der Waals surface area (Å²) < 4.78 is 24.7. The molecule has 0 amide bonds. The van der Waals surface area contributed by atoms with Crippen LogP contribution in [0.5, 0.6) is 0 Å². The third kappa shape index (κ3) is 4.31. The molecular formula is C25H26N3O2S-. The van der Waals surface area contributed by atoms with E-state index < -0.39 is 11.1 Å². The van der Waals surface area contributed by atoms with Gasteiger partial charge in [-0.2, -0.15) is 0 Å². The molecular weight excluding hydrogens is 406 g/mol. The maximum atomic E-state index is 11.3. The van der Waals surface area contributed by atoms with Crippen molar-refractivity contribution in [1.29, 1.82) is 0 Å². The molecule has 31 heavy (non-hydrogen) atoms. The summed E-state index contributed by atoms with van der Waals surface area (Å²) in [7, 11) is 0. The fourth-order valence-corrected chi connectivity index (χ4v) is 4.48. The SMILES string of the molecule is CCc1nc2c(C)nc(C)cc2n1-c1ccc(CCc2cc(S(=O)[O-])ccc2C)cc1. The lowest BCUT2D eigenvalue weighted by Crippen LogP contribution is -2.01. The molecule has 0 aliphatic carbocycles. The van der Waals surface area contributed by atoms with Crippen molar-refractivity contribution in [3.8, 4) is 5.69 Å². The lowest BCUT2D eigenvalue weighted by atomic mass is 10.0. The number of hydrogen-bond acceptors (Lipinski definition) is 4. The van der Waals surface area contributed by atoms with Crippen molar-refractivity contribution >= 4 is 22.1 Å². The Hall–Kier alpha value is -2.83. The zero-order valence-corrected chi connectivity index (χ0v) is 19.1. The fraction of sp³-hybridized carbons (Fsp3) is 0.280. The third-order valence-corrected chi connectivity index (χ3v) is 6.36. The van der Waals surface area contributed by atoms with Crippen molar-refractivity contribution in [1.82, 2.24) is 14.5 Å². The van der Waals surface area contributed by atoms with Crippen LogP contribution in [0, 0.1) is 20.8 Å². The largest absolute Gasteiger partial charge is 0.768 e. The molecule has 160 valence electrons. The van der Waals surface area contributed by atoms with E-state index in [0.29, 0.717) is 4.90 Å². The molecule has 0 saturated heterocycles. The number of fused-ring (bicyclic) bond motifs is 1. The number of imidazole rings is 1. The average Bonchev–Trinajstić information content (AvgIpc) is 3.12. The zero-order valence-electron chi connectivity index (χ0n) is 18.3. The second-order valence-electron chi connectivity index (χ2n) is 7.92. The molecule has 0 fully saturated rings. The minimum absolute atomic E-state index is 0.343. The van der Waals surface area contributed by atoms with E-state index >= 15 is 0 Å². The lowest BCUT2D eigenvalue weighted by Gasteiger charge is -2.12. The Kier molecular flexibility index (Phi) is 6.03. The highest BCUT2D eigenvalue weighted by Crippen LogP contribution is 2.25. The quantitative estimate of drug-likeness (QED) is 0.405. The molecule has 2 aromatic heterocycles.